The minimum atomic E-state index is -1.02. The Labute approximate surface area is 157 Å². The van der Waals surface area contributed by atoms with Crippen LogP contribution in [0.2, 0.25) is 0 Å². The van der Waals surface area contributed by atoms with Crippen LogP contribution in [-0.2, 0) is 16.0 Å². The van der Waals surface area contributed by atoms with E-state index in [1.54, 1.807) is 41.5 Å². The summed E-state index contributed by atoms with van der Waals surface area (Å²) in [6.07, 6.45) is -1.69. The van der Waals surface area contributed by atoms with E-state index in [0.717, 1.165) is 12.1 Å². The van der Waals surface area contributed by atoms with Crippen LogP contribution in [0.5, 0.6) is 0 Å². The average Bonchev–Trinajstić information content (AvgIpc) is 2.44. The average molecular weight is 385 g/mol. The third kappa shape index (κ3) is 9.53. The van der Waals surface area contributed by atoms with Crippen LogP contribution >= 0.6 is 0 Å². The SMILES string of the molecule is CC(C)(C)OC(=O)NC(=NCc1ccc(F)c(F)c1)NC(=O)OC(C)(C)C. The molecule has 0 heterocycles. The molecular formula is C18H25F2N3O4. The molecule has 0 saturated carbocycles. The zero-order chi connectivity index (χ0) is 20.8. The Morgan fingerprint density at radius 2 is 1.41 bits per heavy atom. The van der Waals surface area contributed by atoms with E-state index in [9.17, 15) is 18.4 Å². The van der Waals surface area contributed by atoms with Crippen LogP contribution < -0.4 is 10.6 Å². The van der Waals surface area contributed by atoms with E-state index < -0.39 is 35.0 Å². The topological polar surface area (TPSA) is 89.0 Å². The van der Waals surface area contributed by atoms with Gasteiger partial charge in [0.25, 0.3) is 0 Å². The standard InChI is InChI=1S/C18H25F2N3O4/c1-17(2,3)26-15(24)22-14(23-16(25)27-18(4,5)6)21-10-11-7-8-12(19)13(20)9-11/h7-9H,10H2,1-6H3,(H2,21,22,23,24,25). The highest BCUT2D eigenvalue weighted by molar-refractivity contribution is 6.01. The van der Waals surface area contributed by atoms with Gasteiger partial charge in [-0.05, 0) is 59.2 Å². The summed E-state index contributed by atoms with van der Waals surface area (Å²) in [6.45, 7) is 9.91. The second-order valence-electron chi connectivity index (χ2n) is 7.67. The van der Waals surface area contributed by atoms with Gasteiger partial charge < -0.3 is 9.47 Å². The quantitative estimate of drug-likeness (QED) is 0.597. The second kappa shape index (κ2) is 8.79. The summed E-state index contributed by atoms with van der Waals surface area (Å²) >= 11 is 0. The molecule has 0 aliphatic carbocycles. The van der Waals surface area contributed by atoms with Gasteiger partial charge in [-0.1, -0.05) is 6.07 Å². The van der Waals surface area contributed by atoms with Crippen molar-refractivity contribution in [2.45, 2.75) is 59.3 Å². The minimum Gasteiger partial charge on any atom is -0.444 e. The Balaban J connectivity index is 2.92. The molecule has 27 heavy (non-hydrogen) atoms. The summed E-state index contributed by atoms with van der Waals surface area (Å²) < 4.78 is 36.5. The number of aliphatic imine (C=N–C) groups is 1. The molecule has 150 valence electrons. The van der Waals surface area contributed by atoms with E-state index >= 15 is 0 Å². The molecule has 0 radical (unpaired) electrons. The minimum absolute atomic E-state index is 0.127. The first kappa shape index (κ1) is 22.3. The van der Waals surface area contributed by atoms with E-state index in [0.29, 0.717) is 5.56 Å². The van der Waals surface area contributed by atoms with Gasteiger partial charge in [-0.3, -0.25) is 10.6 Å². The van der Waals surface area contributed by atoms with Crippen LogP contribution in [0.1, 0.15) is 47.1 Å². The maximum Gasteiger partial charge on any atom is 0.414 e. The molecule has 1 aromatic carbocycles. The number of benzene rings is 1. The summed E-state index contributed by atoms with van der Waals surface area (Å²) in [4.78, 5) is 27.9. The Morgan fingerprint density at radius 1 is 0.926 bits per heavy atom. The van der Waals surface area contributed by atoms with Crippen LogP contribution in [0, 0.1) is 11.6 Å². The molecule has 0 bridgehead atoms. The third-order valence-electron chi connectivity index (χ3n) is 2.64. The summed E-state index contributed by atoms with van der Waals surface area (Å²) in [7, 11) is 0. The van der Waals surface area contributed by atoms with Crippen LogP contribution in [0.25, 0.3) is 0 Å². The highest BCUT2D eigenvalue weighted by Gasteiger charge is 2.21. The zero-order valence-electron chi connectivity index (χ0n) is 16.3. The number of guanidine groups is 1. The fraction of sp³-hybridized carbons (Fsp3) is 0.500. The first-order valence-electron chi connectivity index (χ1n) is 8.23. The Bertz CT molecular complexity index is 690. The van der Waals surface area contributed by atoms with Crippen LogP contribution in [0.3, 0.4) is 0 Å². The van der Waals surface area contributed by atoms with Crippen molar-refractivity contribution >= 4 is 18.1 Å². The van der Waals surface area contributed by atoms with Crippen molar-refractivity contribution < 1.29 is 27.8 Å². The maximum absolute atomic E-state index is 13.3. The van der Waals surface area contributed by atoms with E-state index in [-0.39, 0.29) is 12.5 Å². The lowest BCUT2D eigenvalue weighted by Gasteiger charge is -2.22. The molecule has 0 aromatic heterocycles. The van der Waals surface area contributed by atoms with E-state index in [2.05, 4.69) is 15.6 Å². The highest BCUT2D eigenvalue weighted by atomic mass is 19.2. The lowest BCUT2D eigenvalue weighted by atomic mass is 10.2. The molecule has 1 rings (SSSR count). The lowest BCUT2D eigenvalue weighted by molar-refractivity contribution is 0.0545. The van der Waals surface area contributed by atoms with Gasteiger partial charge in [0.2, 0.25) is 5.96 Å². The smallest absolute Gasteiger partial charge is 0.414 e. The molecule has 0 saturated heterocycles. The molecule has 1 aromatic rings. The predicted molar refractivity (Wildman–Crippen MR) is 96.2 cm³/mol. The Morgan fingerprint density at radius 3 is 1.81 bits per heavy atom. The molecule has 2 N–H and O–H groups in total. The Kier molecular flexibility index (Phi) is 7.27. The van der Waals surface area contributed by atoms with Gasteiger partial charge in [0.1, 0.15) is 11.2 Å². The van der Waals surface area contributed by atoms with Gasteiger partial charge in [0, 0.05) is 0 Å². The fourth-order valence-corrected chi connectivity index (χ4v) is 1.72. The molecule has 0 atom stereocenters. The largest absolute Gasteiger partial charge is 0.444 e. The Hall–Kier alpha value is -2.71. The van der Waals surface area contributed by atoms with Gasteiger partial charge in [0.15, 0.2) is 11.6 Å². The van der Waals surface area contributed by atoms with Crippen LogP contribution in [-0.4, -0.2) is 29.3 Å². The number of nitrogens with one attached hydrogen (secondary N) is 2. The first-order valence-corrected chi connectivity index (χ1v) is 8.23. The molecule has 0 aliphatic heterocycles. The van der Waals surface area contributed by atoms with Crippen molar-refractivity contribution in [2.24, 2.45) is 4.99 Å². The van der Waals surface area contributed by atoms with Gasteiger partial charge in [-0.2, -0.15) is 0 Å². The maximum atomic E-state index is 13.3. The molecule has 0 spiro atoms. The summed E-state index contributed by atoms with van der Waals surface area (Å²) in [6, 6.07) is 3.26. The number of rotatable bonds is 2. The molecule has 0 unspecified atom stereocenters. The summed E-state index contributed by atoms with van der Waals surface area (Å²) in [5.41, 5.74) is -1.19. The number of carbonyl (C=O) groups excluding carboxylic acids is 2. The van der Waals surface area contributed by atoms with Gasteiger partial charge in [-0.15, -0.1) is 0 Å². The lowest BCUT2D eigenvalue weighted by Crippen LogP contribution is -2.47. The van der Waals surface area contributed by atoms with Crippen molar-refractivity contribution in [2.75, 3.05) is 0 Å². The molecule has 9 heteroatoms. The number of ether oxygens (including phenoxy) is 2. The third-order valence-corrected chi connectivity index (χ3v) is 2.64. The van der Waals surface area contributed by atoms with E-state index in [1.807, 2.05) is 0 Å². The number of nitrogens with zero attached hydrogens (tertiary/aromatic N) is 1. The highest BCUT2D eigenvalue weighted by Crippen LogP contribution is 2.10. The molecule has 7 nitrogen and oxygen atoms in total. The summed E-state index contributed by atoms with van der Waals surface area (Å²) in [5.74, 6) is -2.26. The number of alkyl carbamates (subject to hydrolysis) is 2. The number of hydrogen-bond donors (Lipinski definition) is 2. The normalized spacial score (nSPS) is 11.4. The molecule has 0 aliphatic rings. The van der Waals surface area contributed by atoms with Crippen LogP contribution in [0.15, 0.2) is 23.2 Å². The first-order chi connectivity index (χ1) is 12.2. The molecule has 2 amide bonds. The zero-order valence-corrected chi connectivity index (χ0v) is 16.3. The van der Waals surface area contributed by atoms with Crippen molar-refractivity contribution in [3.05, 3.63) is 35.4 Å². The number of carbonyl (C=O) groups is 2. The van der Waals surface area contributed by atoms with E-state index in [1.165, 1.54) is 6.07 Å². The molecular weight excluding hydrogens is 360 g/mol. The van der Waals surface area contributed by atoms with Crippen molar-refractivity contribution in [3.8, 4) is 0 Å². The predicted octanol–water partition coefficient (Wildman–Crippen LogP) is 3.87. The monoisotopic (exact) mass is 385 g/mol. The van der Waals surface area contributed by atoms with Gasteiger partial charge >= 0.3 is 12.2 Å². The number of amides is 2. The van der Waals surface area contributed by atoms with Crippen molar-refractivity contribution in [1.82, 2.24) is 10.6 Å². The molecule has 0 fully saturated rings. The second-order valence-corrected chi connectivity index (χ2v) is 7.67. The van der Waals surface area contributed by atoms with Crippen molar-refractivity contribution in [1.29, 1.82) is 0 Å². The van der Waals surface area contributed by atoms with Crippen LogP contribution in [0.4, 0.5) is 18.4 Å². The fourth-order valence-electron chi connectivity index (χ4n) is 1.72. The van der Waals surface area contributed by atoms with Gasteiger partial charge in [-0.25, -0.2) is 23.4 Å². The van der Waals surface area contributed by atoms with Gasteiger partial charge in [0.05, 0.1) is 6.54 Å². The summed E-state index contributed by atoms with van der Waals surface area (Å²) in [5, 5.41) is 4.59. The van der Waals surface area contributed by atoms with Crippen molar-refractivity contribution in [3.63, 3.8) is 0 Å². The number of hydrogen-bond acceptors (Lipinski definition) is 5. The number of halogens is 2. The van der Waals surface area contributed by atoms with E-state index in [4.69, 9.17) is 9.47 Å².